The fourth-order valence-corrected chi connectivity index (χ4v) is 9.44. The van der Waals surface area contributed by atoms with Crippen LogP contribution in [0.3, 0.4) is 0 Å². The maximum absolute atomic E-state index is 14.0. The highest BCUT2D eigenvalue weighted by molar-refractivity contribution is 8.77. The topological polar surface area (TPSA) is 144 Å². The van der Waals surface area contributed by atoms with Gasteiger partial charge in [0.25, 0.3) is 17.5 Å². The number of esters is 1. The van der Waals surface area contributed by atoms with E-state index in [9.17, 15) is 24.5 Å². The van der Waals surface area contributed by atoms with Crippen LogP contribution in [0.25, 0.3) is 10.2 Å². The van der Waals surface area contributed by atoms with Gasteiger partial charge in [-0.25, -0.2) is 9.78 Å². The molecule has 2 fully saturated rings. The molecule has 2 aliphatic heterocycles. The van der Waals surface area contributed by atoms with Crippen molar-refractivity contribution in [2.75, 3.05) is 19.7 Å². The predicted molar refractivity (Wildman–Crippen MR) is 189 cm³/mol. The number of non-ortho nitro benzene ring substituents is 1. The Kier molecular flexibility index (Phi) is 11.0. The number of ether oxygens (including phenoxy) is 2. The van der Waals surface area contributed by atoms with Crippen molar-refractivity contribution in [3.05, 3.63) is 106 Å². The van der Waals surface area contributed by atoms with Crippen LogP contribution in [0.4, 0.5) is 5.69 Å². The molecule has 2 saturated heterocycles. The number of carbonyl (C=O) groups is 3. The summed E-state index contributed by atoms with van der Waals surface area (Å²) in [6.45, 7) is 2.82. The van der Waals surface area contributed by atoms with E-state index >= 15 is 0 Å². The summed E-state index contributed by atoms with van der Waals surface area (Å²) in [5.41, 5.74) is 2.05. The molecule has 6 rings (SSSR count). The van der Waals surface area contributed by atoms with Gasteiger partial charge >= 0.3 is 5.97 Å². The number of allylic oxidation sites excluding steroid dienone is 1. The Morgan fingerprint density at radius 1 is 1.02 bits per heavy atom. The smallest absolute Gasteiger partial charge is 0.357 e. The number of thiazole rings is 1. The Hall–Kier alpha value is -4.60. The number of hydrogen-bond donors (Lipinski definition) is 1. The molecule has 15 heteroatoms. The molecular formula is C34H33N5O7S3. The summed E-state index contributed by atoms with van der Waals surface area (Å²) in [5.74, 6) is -1.11. The highest BCUT2D eigenvalue weighted by atomic mass is 33.1. The van der Waals surface area contributed by atoms with Crippen LogP contribution in [0.5, 0.6) is 5.75 Å². The standard InChI is InChI=1S/C34H33N5O7S3/c1-22(37-18-8-3-9-19-37)30(33(42)46-20-23-14-16-24(17-15-23)39(43)44)38-31(41)29(36-28(40)21-45-25-10-4-2-5-11-25)32(38)48-49-34-35-26-12-6-7-13-27(26)47-34/h2,4-7,10-17,29,32H,3,8-9,18-21H2,1H3,(H,36,40)/b30-22-. The lowest BCUT2D eigenvalue weighted by Gasteiger charge is -2.47. The van der Waals surface area contributed by atoms with Crippen molar-refractivity contribution < 1.29 is 28.8 Å². The van der Waals surface area contributed by atoms with Gasteiger partial charge in [-0.15, -0.1) is 11.3 Å². The molecule has 1 aromatic heterocycles. The molecule has 0 saturated carbocycles. The number of nitrogens with zero attached hydrogens (tertiary/aromatic N) is 4. The third-order valence-electron chi connectivity index (χ3n) is 8.09. The zero-order valence-corrected chi connectivity index (χ0v) is 28.9. The minimum atomic E-state index is -0.939. The number of para-hydroxylation sites is 2. The Morgan fingerprint density at radius 2 is 1.73 bits per heavy atom. The van der Waals surface area contributed by atoms with Gasteiger partial charge in [-0.2, -0.15) is 0 Å². The van der Waals surface area contributed by atoms with E-state index in [2.05, 4.69) is 10.2 Å². The van der Waals surface area contributed by atoms with Crippen LogP contribution in [0.15, 0.2) is 94.6 Å². The Balaban J connectivity index is 1.25. The van der Waals surface area contributed by atoms with Gasteiger partial charge in [0.1, 0.15) is 29.5 Å². The number of nitro groups is 1. The number of nitro benzene ring substituents is 1. The molecular weight excluding hydrogens is 687 g/mol. The number of benzene rings is 3. The summed E-state index contributed by atoms with van der Waals surface area (Å²) in [6, 6.07) is 21.5. The lowest BCUT2D eigenvalue weighted by molar-refractivity contribution is -0.384. The number of β-lactam (4-membered cyclic amide) rings is 1. The molecule has 12 nitrogen and oxygen atoms in total. The molecule has 2 aliphatic rings. The minimum absolute atomic E-state index is 0.0736. The number of likely N-dealkylation sites (tertiary alicyclic amines) is 2. The molecule has 1 N–H and O–H groups in total. The zero-order chi connectivity index (χ0) is 34.3. The predicted octanol–water partition coefficient (Wildman–Crippen LogP) is 6.14. The Bertz CT molecular complexity index is 1830. The van der Waals surface area contributed by atoms with E-state index in [-0.39, 0.29) is 24.6 Å². The van der Waals surface area contributed by atoms with Crippen molar-refractivity contribution in [3.8, 4) is 5.75 Å². The fourth-order valence-electron chi connectivity index (χ4n) is 5.52. The minimum Gasteiger partial charge on any atom is -0.484 e. The Labute approximate surface area is 294 Å². The highest BCUT2D eigenvalue weighted by Gasteiger charge is 2.53. The average Bonchev–Trinajstić information content (AvgIpc) is 3.55. The number of amides is 2. The molecule has 3 aromatic carbocycles. The second kappa shape index (κ2) is 15.7. The fraction of sp³-hybridized carbons (Fsp3) is 0.294. The first kappa shape index (κ1) is 34.3. The van der Waals surface area contributed by atoms with Gasteiger partial charge in [0.2, 0.25) is 0 Å². The van der Waals surface area contributed by atoms with Crippen molar-refractivity contribution in [1.82, 2.24) is 20.1 Å². The van der Waals surface area contributed by atoms with Crippen LogP contribution in [0.2, 0.25) is 0 Å². The first-order chi connectivity index (χ1) is 23.8. The van der Waals surface area contributed by atoms with Gasteiger partial charge in [0.15, 0.2) is 10.9 Å². The van der Waals surface area contributed by atoms with E-state index in [0.29, 0.717) is 17.0 Å². The van der Waals surface area contributed by atoms with E-state index < -0.39 is 34.1 Å². The van der Waals surface area contributed by atoms with Crippen molar-refractivity contribution in [3.63, 3.8) is 0 Å². The van der Waals surface area contributed by atoms with Gasteiger partial charge < -0.3 is 19.7 Å². The number of carbonyl (C=O) groups excluding carboxylic acids is 3. The maximum atomic E-state index is 14.0. The second-order valence-corrected chi connectivity index (χ2v) is 14.9. The largest absolute Gasteiger partial charge is 0.484 e. The average molecular weight is 720 g/mol. The molecule has 49 heavy (non-hydrogen) atoms. The van der Waals surface area contributed by atoms with Crippen LogP contribution in [0.1, 0.15) is 31.7 Å². The molecule has 2 unspecified atom stereocenters. The Morgan fingerprint density at radius 3 is 2.45 bits per heavy atom. The van der Waals surface area contributed by atoms with Crippen LogP contribution < -0.4 is 10.1 Å². The number of rotatable bonds is 13. The molecule has 254 valence electrons. The number of aromatic nitrogens is 1. The number of fused-ring (bicyclic) bond motifs is 1. The lowest BCUT2D eigenvalue weighted by atomic mass is 10.0. The number of piperidine rings is 1. The molecule has 0 spiro atoms. The second-order valence-electron chi connectivity index (χ2n) is 11.4. The van der Waals surface area contributed by atoms with Crippen LogP contribution in [0, 0.1) is 10.1 Å². The zero-order valence-electron chi connectivity index (χ0n) is 26.5. The molecule has 2 amide bonds. The molecule has 0 radical (unpaired) electrons. The molecule has 3 heterocycles. The summed E-state index contributed by atoms with van der Waals surface area (Å²) < 4.78 is 13.1. The van der Waals surface area contributed by atoms with E-state index in [1.165, 1.54) is 62.1 Å². The van der Waals surface area contributed by atoms with Gasteiger partial charge in [0.05, 0.1) is 15.1 Å². The van der Waals surface area contributed by atoms with E-state index in [1.54, 1.807) is 24.3 Å². The lowest BCUT2D eigenvalue weighted by Crippen LogP contribution is -2.69. The summed E-state index contributed by atoms with van der Waals surface area (Å²) >= 11 is 1.52. The molecule has 0 aliphatic carbocycles. The van der Waals surface area contributed by atoms with Crippen LogP contribution in [-0.4, -0.2) is 68.6 Å². The number of hydrogen-bond acceptors (Lipinski definition) is 12. The quantitative estimate of drug-likeness (QED) is 0.0425. The SMILES string of the molecule is C/C(=C(\C(=O)OCc1ccc([N+](=O)[O-])cc1)N1C(=O)C(NC(=O)COc2ccccc2)C1SSc1nc2ccccc2s1)N1CCCCC1. The van der Waals surface area contributed by atoms with Crippen molar-refractivity contribution >= 4 is 66.6 Å². The first-order valence-electron chi connectivity index (χ1n) is 15.6. The highest BCUT2D eigenvalue weighted by Crippen LogP contribution is 2.46. The van der Waals surface area contributed by atoms with Gasteiger partial charge in [-0.05, 0) is 78.9 Å². The molecule has 4 aromatic rings. The monoisotopic (exact) mass is 719 g/mol. The van der Waals surface area contributed by atoms with Crippen molar-refractivity contribution in [1.29, 1.82) is 0 Å². The van der Waals surface area contributed by atoms with Crippen LogP contribution >= 0.6 is 32.9 Å². The summed E-state index contributed by atoms with van der Waals surface area (Å²) in [5, 5.41) is 13.2. The number of nitrogens with one attached hydrogen (secondary N) is 1. The third kappa shape index (κ3) is 8.17. The summed E-state index contributed by atoms with van der Waals surface area (Å²) in [4.78, 5) is 59.7. The van der Waals surface area contributed by atoms with E-state index in [4.69, 9.17) is 14.5 Å². The third-order valence-corrected chi connectivity index (χ3v) is 12.1. The summed E-state index contributed by atoms with van der Waals surface area (Å²) in [6.07, 6.45) is 2.97. The molecule has 0 bridgehead atoms. The van der Waals surface area contributed by atoms with Gasteiger partial charge in [-0.1, -0.05) is 41.1 Å². The van der Waals surface area contributed by atoms with E-state index in [0.717, 1.165) is 46.9 Å². The maximum Gasteiger partial charge on any atom is 0.357 e. The van der Waals surface area contributed by atoms with Crippen molar-refractivity contribution in [2.45, 2.75) is 48.5 Å². The molecule has 2 atom stereocenters. The van der Waals surface area contributed by atoms with Gasteiger partial charge in [-0.3, -0.25) is 24.6 Å². The summed E-state index contributed by atoms with van der Waals surface area (Å²) in [7, 11) is 2.70. The van der Waals surface area contributed by atoms with Crippen molar-refractivity contribution in [2.24, 2.45) is 0 Å². The van der Waals surface area contributed by atoms with Crippen LogP contribution in [-0.2, 0) is 25.7 Å². The van der Waals surface area contributed by atoms with E-state index in [1.807, 2.05) is 37.3 Å². The normalized spacial score (nSPS) is 18.0. The van der Waals surface area contributed by atoms with Gasteiger partial charge in [0, 0.05) is 30.9 Å². The first-order valence-corrected chi connectivity index (χ1v) is 18.7.